The van der Waals surface area contributed by atoms with Gasteiger partial charge in [0.05, 0.1) is 11.0 Å². The van der Waals surface area contributed by atoms with Crippen LogP contribution in [0.5, 0.6) is 0 Å². The molecule has 6 aromatic rings. The normalized spacial score (nSPS) is 14.6. The largest absolute Gasteiger partial charge is 0.354 e. The van der Waals surface area contributed by atoms with E-state index in [1.165, 1.54) is 65.6 Å². The van der Waals surface area contributed by atoms with Gasteiger partial charge in [-0.25, -0.2) is 0 Å². The summed E-state index contributed by atoms with van der Waals surface area (Å²) in [5.74, 6) is 0. The zero-order chi connectivity index (χ0) is 20.0. The van der Waals surface area contributed by atoms with Crippen molar-refractivity contribution in [2.75, 3.05) is 0 Å². The Balaban J connectivity index is 1.63. The standard InChI is InChI=1S/C29H21N/c1-29(2)25-16-19-9-4-3-8-18(19)15-24(25)21-13-14-23-22-12-11-17-7-5-6-10-20(17)27(22)30-28(23)26(21)29/h3-16,30H,1-2H3. The molecule has 5 aromatic carbocycles. The molecular formula is C29H21N. The summed E-state index contributed by atoms with van der Waals surface area (Å²) in [5.41, 5.74) is 8.06. The van der Waals surface area contributed by atoms with Crippen LogP contribution >= 0.6 is 0 Å². The SMILES string of the molecule is CC1(C)c2cc3ccccc3cc2-c2ccc3c([nH]c4c5ccccc5ccc34)c21. The van der Waals surface area contributed by atoms with Gasteiger partial charge in [-0.15, -0.1) is 0 Å². The summed E-state index contributed by atoms with van der Waals surface area (Å²) in [6, 6.07) is 31.3. The lowest BCUT2D eigenvalue weighted by molar-refractivity contribution is 0.666. The van der Waals surface area contributed by atoms with Gasteiger partial charge in [-0.3, -0.25) is 0 Å². The highest BCUT2D eigenvalue weighted by Gasteiger charge is 2.38. The number of hydrogen-bond donors (Lipinski definition) is 1. The van der Waals surface area contributed by atoms with Crippen LogP contribution in [0.4, 0.5) is 0 Å². The van der Waals surface area contributed by atoms with Crippen LogP contribution in [0, 0.1) is 0 Å². The van der Waals surface area contributed by atoms with E-state index >= 15 is 0 Å². The number of fused-ring (bicyclic) bond motifs is 10. The first kappa shape index (κ1) is 16.2. The second-order valence-corrected chi connectivity index (χ2v) is 9.11. The van der Waals surface area contributed by atoms with Gasteiger partial charge in [0.1, 0.15) is 0 Å². The van der Waals surface area contributed by atoms with Gasteiger partial charge in [0.15, 0.2) is 0 Å². The zero-order valence-corrected chi connectivity index (χ0v) is 17.1. The lowest BCUT2D eigenvalue weighted by atomic mass is 9.81. The molecule has 1 aromatic heterocycles. The first-order chi connectivity index (χ1) is 14.6. The Bertz CT molecular complexity index is 1660. The fourth-order valence-electron chi connectivity index (χ4n) is 5.70. The Morgan fingerprint density at radius 2 is 1.23 bits per heavy atom. The molecule has 1 heteroatoms. The van der Waals surface area contributed by atoms with Gasteiger partial charge in [-0.05, 0) is 50.5 Å². The maximum atomic E-state index is 3.85. The van der Waals surface area contributed by atoms with E-state index in [1.807, 2.05) is 0 Å². The molecule has 0 spiro atoms. The predicted octanol–water partition coefficient (Wildman–Crippen LogP) is 7.93. The highest BCUT2D eigenvalue weighted by Crippen LogP contribution is 2.53. The Morgan fingerprint density at radius 1 is 0.567 bits per heavy atom. The van der Waals surface area contributed by atoms with Crippen molar-refractivity contribution >= 4 is 43.4 Å². The number of rotatable bonds is 0. The Labute approximate surface area is 175 Å². The van der Waals surface area contributed by atoms with Crippen LogP contribution in [0.15, 0.2) is 84.9 Å². The van der Waals surface area contributed by atoms with Crippen LogP contribution in [0.25, 0.3) is 54.5 Å². The molecule has 30 heavy (non-hydrogen) atoms. The van der Waals surface area contributed by atoms with Crippen LogP contribution in [-0.4, -0.2) is 4.98 Å². The van der Waals surface area contributed by atoms with E-state index in [1.54, 1.807) is 0 Å². The van der Waals surface area contributed by atoms with Crippen LogP contribution in [0.1, 0.15) is 25.0 Å². The third-order valence-electron chi connectivity index (χ3n) is 7.15. The lowest BCUT2D eigenvalue weighted by Crippen LogP contribution is -2.15. The molecule has 0 aliphatic heterocycles. The van der Waals surface area contributed by atoms with Crippen molar-refractivity contribution in [3.63, 3.8) is 0 Å². The lowest BCUT2D eigenvalue weighted by Gasteiger charge is -2.22. The molecule has 0 saturated heterocycles. The molecule has 1 aliphatic rings. The molecular weight excluding hydrogens is 362 g/mol. The minimum Gasteiger partial charge on any atom is -0.354 e. The number of aromatic nitrogens is 1. The summed E-state index contributed by atoms with van der Waals surface area (Å²) in [4.78, 5) is 3.85. The molecule has 7 rings (SSSR count). The Kier molecular flexibility index (Phi) is 2.88. The third-order valence-corrected chi connectivity index (χ3v) is 7.15. The first-order valence-electron chi connectivity index (χ1n) is 10.6. The molecule has 0 atom stereocenters. The predicted molar refractivity (Wildman–Crippen MR) is 128 cm³/mol. The smallest absolute Gasteiger partial charge is 0.0544 e. The maximum absolute atomic E-state index is 3.85. The van der Waals surface area contributed by atoms with Crippen LogP contribution in [-0.2, 0) is 5.41 Å². The zero-order valence-electron chi connectivity index (χ0n) is 17.1. The van der Waals surface area contributed by atoms with Crippen molar-refractivity contribution in [3.05, 3.63) is 96.1 Å². The summed E-state index contributed by atoms with van der Waals surface area (Å²) in [7, 11) is 0. The van der Waals surface area contributed by atoms with E-state index in [0.717, 1.165) is 0 Å². The van der Waals surface area contributed by atoms with E-state index in [-0.39, 0.29) is 5.41 Å². The molecule has 0 unspecified atom stereocenters. The van der Waals surface area contributed by atoms with Crippen LogP contribution in [0.3, 0.4) is 0 Å². The number of aromatic amines is 1. The highest BCUT2D eigenvalue weighted by atomic mass is 14.7. The van der Waals surface area contributed by atoms with Crippen molar-refractivity contribution < 1.29 is 0 Å². The average Bonchev–Trinajstić information content (AvgIpc) is 3.25. The van der Waals surface area contributed by atoms with Crippen molar-refractivity contribution in [1.29, 1.82) is 0 Å². The topological polar surface area (TPSA) is 15.8 Å². The highest BCUT2D eigenvalue weighted by molar-refractivity contribution is 6.19. The Morgan fingerprint density at radius 3 is 2.07 bits per heavy atom. The third kappa shape index (κ3) is 1.88. The van der Waals surface area contributed by atoms with Gasteiger partial charge in [0.25, 0.3) is 0 Å². The van der Waals surface area contributed by atoms with Gasteiger partial charge in [-0.2, -0.15) is 0 Å². The van der Waals surface area contributed by atoms with Gasteiger partial charge < -0.3 is 4.98 Å². The first-order valence-corrected chi connectivity index (χ1v) is 10.6. The average molecular weight is 383 g/mol. The minimum atomic E-state index is -0.0507. The van der Waals surface area contributed by atoms with E-state index in [4.69, 9.17) is 0 Å². The van der Waals surface area contributed by atoms with Gasteiger partial charge >= 0.3 is 0 Å². The van der Waals surface area contributed by atoms with E-state index < -0.39 is 0 Å². The second-order valence-electron chi connectivity index (χ2n) is 9.11. The molecule has 0 radical (unpaired) electrons. The second kappa shape index (κ2) is 5.31. The molecule has 0 fully saturated rings. The monoisotopic (exact) mass is 383 g/mol. The minimum absolute atomic E-state index is 0.0507. The summed E-state index contributed by atoms with van der Waals surface area (Å²) in [6.07, 6.45) is 0. The van der Waals surface area contributed by atoms with E-state index in [9.17, 15) is 0 Å². The number of nitrogens with one attached hydrogen (secondary N) is 1. The maximum Gasteiger partial charge on any atom is 0.0544 e. The molecule has 142 valence electrons. The number of hydrogen-bond acceptors (Lipinski definition) is 0. The summed E-state index contributed by atoms with van der Waals surface area (Å²) in [6.45, 7) is 4.74. The van der Waals surface area contributed by atoms with Crippen molar-refractivity contribution in [1.82, 2.24) is 4.98 Å². The molecule has 1 N–H and O–H groups in total. The fraction of sp³-hybridized carbons (Fsp3) is 0.103. The quantitative estimate of drug-likeness (QED) is 0.274. The van der Waals surface area contributed by atoms with Crippen LogP contribution < -0.4 is 0 Å². The van der Waals surface area contributed by atoms with Crippen molar-refractivity contribution in [2.24, 2.45) is 0 Å². The van der Waals surface area contributed by atoms with Crippen LogP contribution in [0.2, 0.25) is 0 Å². The number of H-pyrrole nitrogens is 1. The van der Waals surface area contributed by atoms with E-state index in [2.05, 4.69) is 104 Å². The molecule has 0 amide bonds. The van der Waals surface area contributed by atoms with Crippen molar-refractivity contribution in [3.8, 4) is 11.1 Å². The summed E-state index contributed by atoms with van der Waals surface area (Å²) < 4.78 is 0. The fourth-order valence-corrected chi connectivity index (χ4v) is 5.70. The van der Waals surface area contributed by atoms with Gasteiger partial charge in [0.2, 0.25) is 0 Å². The number of benzene rings is 5. The van der Waals surface area contributed by atoms with Gasteiger partial charge in [0, 0.05) is 21.6 Å². The molecule has 1 heterocycles. The molecule has 0 bridgehead atoms. The molecule has 0 saturated carbocycles. The Hall–Kier alpha value is -3.58. The summed E-state index contributed by atoms with van der Waals surface area (Å²) in [5, 5.41) is 7.82. The van der Waals surface area contributed by atoms with Crippen molar-refractivity contribution in [2.45, 2.75) is 19.3 Å². The van der Waals surface area contributed by atoms with Gasteiger partial charge in [-0.1, -0.05) is 86.6 Å². The van der Waals surface area contributed by atoms with E-state index in [0.29, 0.717) is 0 Å². The molecule has 1 aliphatic carbocycles. The summed E-state index contributed by atoms with van der Waals surface area (Å²) >= 11 is 0. The molecule has 1 nitrogen and oxygen atoms in total.